The van der Waals surface area contributed by atoms with E-state index >= 15 is 0 Å². The van der Waals surface area contributed by atoms with E-state index in [9.17, 15) is 9.59 Å². The van der Waals surface area contributed by atoms with E-state index in [-0.39, 0.29) is 23.3 Å². The van der Waals surface area contributed by atoms with Crippen molar-refractivity contribution in [2.75, 3.05) is 5.75 Å². The molecule has 1 amide bonds. The van der Waals surface area contributed by atoms with Gasteiger partial charge in [-0.1, -0.05) is 66.6 Å². The lowest BCUT2D eigenvalue weighted by Gasteiger charge is -2.17. The zero-order valence-corrected chi connectivity index (χ0v) is 18.8. The second-order valence-electron chi connectivity index (χ2n) is 8.33. The van der Waals surface area contributed by atoms with Crippen LogP contribution in [-0.2, 0) is 11.3 Å². The van der Waals surface area contributed by atoms with Crippen molar-refractivity contribution >= 4 is 39.7 Å². The molecule has 1 saturated carbocycles. The van der Waals surface area contributed by atoms with Crippen LogP contribution in [0.4, 0.5) is 0 Å². The number of hydrogen-bond acceptors (Lipinski definition) is 5. The molecule has 0 saturated heterocycles. The normalized spacial score (nSPS) is 14.4. The quantitative estimate of drug-likeness (QED) is 0.333. The summed E-state index contributed by atoms with van der Waals surface area (Å²) < 4.78 is 7.64. The summed E-state index contributed by atoms with van der Waals surface area (Å²) in [5.74, 6) is 0.117. The van der Waals surface area contributed by atoms with Gasteiger partial charge < -0.3 is 9.73 Å². The molecule has 164 valence electrons. The smallest absolute Gasteiger partial charge is 0.298 e. The number of nitrogens with zero attached hydrogens (tertiary/aromatic N) is 2. The summed E-state index contributed by atoms with van der Waals surface area (Å²) in [4.78, 5) is 30.8. The minimum atomic E-state index is -0.152. The summed E-state index contributed by atoms with van der Waals surface area (Å²) in [5.41, 5.74) is 3.62. The molecule has 2 heterocycles. The number of rotatable bonds is 6. The molecule has 2 aromatic carbocycles. The molecule has 0 spiro atoms. The van der Waals surface area contributed by atoms with Crippen molar-refractivity contribution in [1.29, 1.82) is 0 Å². The maximum atomic E-state index is 13.4. The first-order valence-electron chi connectivity index (χ1n) is 11.0. The van der Waals surface area contributed by atoms with Gasteiger partial charge in [0.05, 0.1) is 5.75 Å². The molecule has 5 rings (SSSR count). The number of para-hydroxylation sites is 1. The van der Waals surface area contributed by atoms with Gasteiger partial charge in [0, 0.05) is 18.0 Å². The largest absolute Gasteiger partial charge is 0.448 e. The molecule has 1 aliphatic carbocycles. The van der Waals surface area contributed by atoms with Crippen LogP contribution in [0.1, 0.15) is 42.9 Å². The number of fused-ring (bicyclic) bond motifs is 3. The summed E-state index contributed by atoms with van der Waals surface area (Å²) in [6, 6.07) is 15.8. The Kier molecular flexibility index (Phi) is 5.74. The van der Waals surface area contributed by atoms with E-state index in [1.54, 1.807) is 4.57 Å². The zero-order valence-electron chi connectivity index (χ0n) is 18.0. The average molecular weight is 448 g/mol. The second kappa shape index (κ2) is 8.82. The molecule has 2 aromatic heterocycles. The van der Waals surface area contributed by atoms with E-state index in [4.69, 9.17) is 9.40 Å². The third-order valence-electron chi connectivity index (χ3n) is 6.03. The molecule has 0 atom stereocenters. The van der Waals surface area contributed by atoms with E-state index in [1.807, 2.05) is 55.5 Å². The third kappa shape index (κ3) is 4.05. The van der Waals surface area contributed by atoms with E-state index in [1.165, 1.54) is 17.3 Å². The number of carbonyl (C=O) groups excluding carboxylic acids is 1. The molecule has 32 heavy (non-hydrogen) atoms. The summed E-state index contributed by atoms with van der Waals surface area (Å²) in [6.45, 7) is 2.52. The van der Waals surface area contributed by atoms with Crippen LogP contribution >= 0.6 is 11.8 Å². The SMILES string of the molecule is Cc1ccc(CNC(=O)CSc2nc3c(oc4ccccc43)c(=O)n2C2CCCC2)cc1. The summed E-state index contributed by atoms with van der Waals surface area (Å²) in [7, 11) is 0. The summed E-state index contributed by atoms with van der Waals surface area (Å²) >= 11 is 1.32. The Bertz CT molecular complexity index is 1330. The number of thioether (sulfide) groups is 1. The molecule has 6 nitrogen and oxygen atoms in total. The maximum Gasteiger partial charge on any atom is 0.298 e. The molecule has 0 aliphatic heterocycles. The van der Waals surface area contributed by atoms with Gasteiger partial charge in [-0.3, -0.25) is 14.2 Å². The number of carbonyl (C=O) groups is 1. The molecule has 0 unspecified atom stereocenters. The number of benzene rings is 2. The van der Waals surface area contributed by atoms with Gasteiger partial charge in [0.25, 0.3) is 5.56 Å². The van der Waals surface area contributed by atoms with Gasteiger partial charge in [-0.05, 0) is 37.5 Å². The van der Waals surface area contributed by atoms with Crippen molar-refractivity contribution in [2.24, 2.45) is 0 Å². The number of amides is 1. The highest BCUT2D eigenvalue weighted by molar-refractivity contribution is 7.99. The molecule has 1 aliphatic rings. The fourth-order valence-electron chi connectivity index (χ4n) is 4.31. The Hall–Kier alpha value is -3.06. The van der Waals surface area contributed by atoms with Crippen LogP contribution in [0, 0.1) is 6.92 Å². The standard InChI is InChI=1S/C25H25N3O3S/c1-16-10-12-17(13-11-16)14-26-21(29)15-32-25-27-22-19-8-4-5-9-20(19)31-23(22)24(30)28(25)18-6-2-3-7-18/h4-5,8-13,18H,2-3,6-7,14-15H2,1H3,(H,26,29). The van der Waals surface area contributed by atoms with Crippen LogP contribution < -0.4 is 10.9 Å². The fraction of sp³-hybridized carbons (Fsp3) is 0.320. The molecule has 1 fully saturated rings. The Morgan fingerprint density at radius 3 is 2.69 bits per heavy atom. The van der Waals surface area contributed by atoms with Crippen LogP contribution in [-0.4, -0.2) is 21.2 Å². The first kappa shape index (κ1) is 20.8. The first-order valence-corrected chi connectivity index (χ1v) is 12.0. The lowest BCUT2D eigenvalue weighted by atomic mass is 10.1. The van der Waals surface area contributed by atoms with Gasteiger partial charge in [-0.2, -0.15) is 0 Å². The summed E-state index contributed by atoms with van der Waals surface area (Å²) in [6.07, 6.45) is 4.08. The zero-order chi connectivity index (χ0) is 22.1. The average Bonchev–Trinajstić information content (AvgIpc) is 3.46. The minimum absolute atomic E-state index is 0.0834. The predicted molar refractivity (Wildman–Crippen MR) is 127 cm³/mol. The van der Waals surface area contributed by atoms with Crippen LogP contribution in [0.3, 0.4) is 0 Å². The van der Waals surface area contributed by atoms with E-state index in [0.717, 1.165) is 36.6 Å². The lowest BCUT2D eigenvalue weighted by molar-refractivity contribution is -0.118. The molecular weight excluding hydrogens is 422 g/mol. The van der Waals surface area contributed by atoms with Gasteiger partial charge >= 0.3 is 0 Å². The van der Waals surface area contributed by atoms with Crippen LogP contribution in [0.2, 0.25) is 0 Å². The van der Waals surface area contributed by atoms with Crippen molar-refractivity contribution in [3.05, 3.63) is 70.0 Å². The summed E-state index contributed by atoms with van der Waals surface area (Å²) in [5, 5.41) is 4.37. The number of aromatic nitrogens is 2. The van der Waals surface area contributed by atoms with Gasteiger partial charge in [-0.25, -0.2) is 4.98 Å². The highest BCUT2D eigenvalue weighted by atomic mass is 32.2. The van der Waals surface area contributed by atoms with Crippen LogP contribution in [0.15, 0.2) is 62.9 Å². The van der Waals surface area contributed by atoms with Gasteiger partial charge in [-0.15, -0.1) is 0 Å². The monoisotopic (exact) mass is 447 g/mol. The van der Waals surface area contributed by atoms with Crippen LogP contribution in [0.5, 0.6) is 0 Å². The predicted octanol–water partition coefficient (Wildman–Crippen LogP) is 4.97. The minimum Gasteiger partial charge on any atom is -0.448 e. The van der Waals surface area contributed by atoms with Crippen molar-refractivity contribution in [2.45, 2.75) is 50.4 Å². The van der Waals surface area contributed by atoms with Crippen molar-refractivity contribution < 1.29 is 9.21 Å². The van der Waals surface area contributed by atoms with Crippen molar-refractivity contribution in [1.82, 2.24) is 14.9 Å². The molecular formula is C25H25N3O3S. The van der Waals surface area contributed by atoms with Gasteiger partial charge in [0.1, 0.15) is 11.1 Å². The van der Waals surface area contributed by atoms with Crippen molar-refractivity contribution in [3.8, 4) is 0 Å². The van der Waals surface area contributed by atoms with Gasteiger partial charge in [0.2, 0.25) is 11.5 Å². The highest BCUT2D eigenvalue weighted by Crippen LogP contribution is 2.34. The third-order valence-corrected chi connectivity index (χ3v) is 6.98. The number of hydrogen-bond donors (Lipinski definition) is 1. The van der Waals surface area contributed by atoms with Gasteiger partial charge in [0.15, 0.2) is 5.16 Å². The Balaban J connectivity index is 1.41. The number of furan rings is 1. The highest BCUT2D eigenvalue weighted by Gasteiger charge is 2.25. The van der Waals surface area contributed by atoms with E-state index < -0.39 is 0 Å². The topological polar surface area (TPSA) is 77.1 Å². The maximum absolute atomic E-state index is 13.4. The number of nitrogens with one attached hydrogen (secondary N) is 1. The van der Waals surface area contributed by atoms with Crippen molar-refractivity contribution in [3.63, 3.8) is 0 Å². The molecule has 7 heteroatoms. The Morgan fingerprint density at radius 2 is 1.91 bits per heavy atom. The fourth-order valence-corrected chi connectivity index (χ4v) is 5.20. The first-order chi connectivity index (χ1) is 15.6. The molecule has 0 bridgehead atoms. The Morgan fingerprint density at radius 1 is 1.16 bits per heavy atom. The van der Waals surface area contributed by atoms with E-state index in [0.29, 0.717) is 28.4 Å². The van der Waals surface area contributed by atoms with E-state index in [2.05, 4.69) is 5.32 Å². The Labute approximate surface area is 190 Å². The second-order valence-corrected chi connectivity index (χ2v) is 9.28. The molecule has 0 radical (unpaired) electrons. The molecule has 4 aromatic rings. The number of aryl methyl sites for hydroxylation is 1. The molecule has 1 N–H and O–H groups in total. The van der Waals surface area contributed by atoms with Crippen LogP contribution in [0.25, 0.3) is 22.1 Å². The lowest BCUT2D eigenvalue weighted by Crippen LogP contribution is -2.28.